The first-order chi connectivity index (χ1) is 7.95. The largest absolute Gasteiger partial charge is 0.393 e. The smallest absolute Gasteiger partial charge is 0.261 e. The maximum atomic E-state index is 11.7. The van der Waals surface area contributed by atoms with E-state index in [0.29, 0.717) is 17.8 Å². The average Bonchev–Trinajstić information content (AvgIpc) is 2.22. The standard InChI is InChI=1S/C10H18F2N2O2S/c1-2-7(5-9(13)17)14-10(15)3-4-16-6-8(11)12/h7-8H,2-6H2,1H3,(H2,13,17)(H,14,15). The van der Waals surface area contributed by atoms with Crippen LogP contribution >= 0.6 is 12.2 Å². The molecule has 7 heteroatoms. The van der Waals surface area contributed by atoms with Crippen molar-refractivity contribution in [3.63, 3.8) is 0 Å². The number of ether oxygens (including phenoxy) is 1. The Morgan fingerprint density at radius 2 is 2.18 bits per heavy atom. The van der Waals surface area contributed by atoms with Crippen molar-refractivity contribution in [1.82, 2.24) is 5.32 Å². The van der Waals surface area contributed by atoms with Gasteiger partial charge in [-0.25, -0.2) is 8.78 Å². The van der Waals surface area contributed by atoms with E-state index in [2.05, 4.69) is 10.1 Å². The van der Waals surface area contributed by atoms with Crippen LogP contribution in [0.1, 0.15) is 26.2 Å². The number of nitrogens with two attached hydrogens (primary N) is 1. The van der Waals surface area contributed by atoms with E-state index in [1.165, 1.54) is 0 Å². The number of nitrogens with one attached hydrogen (secondary N) is 1. The number of carbonyl (C=O) groups excluding carboxylic acids is 1. The number of halogens is 2. The van der Waals surface area contributed by atoms with Crippen molar-refractivity contribution in [3.05, 3.63) is 0 Å². The van der Waals surface area contributed by atoms with Gasteiger partial charge in [-0.15, -0.1) is 0 Å². The van der Waals surface area contributed by atoms with Crippen LogP contribution in [0, 0.1) is 0 Å². The summed E-state index contributed by atoms with van der Waals surface area (Å²) in [6.45, 7) is 1.24. The summed E-state index contributed by atoms with van der Waals surface area (Å²) >= 11 is 4.74. The molecular formula is C10H18F2N2O2S. The summed E-state index contributed by atoms with van der Waals surface area (Å²) in [5.41, 5.74) is 5.37. The summed E-state index contributed by atoms with van der Waals surface area (Å²) in [4.78, 5) is 11.7. The second-order valence-corrected chi connectivity index (χ2v) is 4.08. The maximum Gasteiger partial charge on any atom is 0.261 e. The van der Waals surface area contributed by atoms with Crippen molar-refractivity contribution < 1.29 is 18.3 Å². The summed E-state index contributed by atoms with van der Waals surface area (Å²) in [5.74, 6) is -0.248. The fraction of sp³-hybridized carbons (Fsp3) is 0.800. The minimum absolute atomic E-state index is 0.0142. The third-order valence-corrected chi connectivity index (χ3v) is 2.19. The molecule has 0 radical (unpaired) electrons. The van der Waals surface area contributed by atoms with Gasteiger partial charge in [0.1, 0.15) is 6.61 Å². The molecule has 0 aliphatic carbocycles. The van der Waals surface area contributed by atoms with Gasteiger partial charge in [0.25, 0.3) is 6.43 Å². The van der Waals surface area contributed by atoms with Gasteiger partial charge in [0.2, 0.25) is 5.91 Å². The van der Waals surface area contributed by atoms with Crippen molar-refractivity contribution in [2.24, 2.45) is 5.73 Å². The molecular weight excluding hydrogens is 250 g/mol. The first-order valence-corrected chi connectivity index (χ1v) is 5.80. The lowest BCUT2D eigenvalue weighted by Gasteiger charge is -2.16. The molecule has 0 aliphatic heterocycles. The normalized spacial score (nSPS) is 12.5. The molecule has 100 valence electrons. The van der Waals surface area contributed by atoms with Gasteiger partial charge in [0.15, 0.2) is 0 Å². The highest BCUT2D eigenvalue weighted by atomic mass is 32.1. The lowest BCUT2D eigenvalue weighted by atomic mass is 10.1. The van der Waals surface area contributed by atoms with Gasteiger partial charge in [-0.3, -0.25) is 4.79 Å². The molecule has 1 unspecified atom stereocenters. The predicted molar refractivity (Wildman–Crippen MR) is 65.1 cm³/mol. The Morgan fingerprint density at radius 3 is 2.65 bits per heavy atom. The van der Waals surface area contributed by atoms with Crippen molar-refractivity contribution in [2.45, 2.75) is 38.7 Å². The van der Waals surface area contributed by atoms with E-state index in [4.69, 9.17) is 18.0 Å². The fourth-order valence-electron chi connectivity index (χ4n) is 1.18. The van der Waals surface area contributed by atoms with Crippen molar-refractivity contribution in [3.8, 4) is 0 Å². The Balaban J connectivity index is 3.72. The minimum Gasteiger partial charge on any atom is -0.393 e. The van der Waals surface area contributed by atoms with Crippen molar-refractivity contribution in [1.29, 1.82) is 0 Å². The molecule has 0 aromatic heterocycles. The van der Waals surface area contributed by atoms with E-state index < -0.39 is 13.0 Å². The van der Waals surface area contributed by atoms with E-state index in [9.17, 15) is 13.6 Å². The Morgan fingerprint density at radius 1 is 1.53 bits per heavy atom. The van der Waals surface area contributed by atoms with Crippen molar-refractivity contribution in [2.75, 3.05) is 13.2 Å². The Labute approximate surface area is 105 Å². The number of thiocarbonyl (C=S) groups is 1. The van der Waals surface area contributed by atoms with Crippen LogP contribution in [0.2, 0.25) is 0 Å². The molecule has 0 spiro atoms. The number of carbonyl (C=O) groups is 1. The molecule has 0 saturated heterocycles. The molecule has 0 heterocycles. The molecule has 17 heavy (non-hydrogen) atoms. The van der Waals surface area contributed by atoms with Gasteiger partial charge < -0.3 is 15.8 Å². The number of hydrogen-bond acceptors (Lipinski definition) is 3. The summed E-state index contributed by atoms with van der Waals surface area (Å²) in [6.07, 6.45) is -1.30. The molecule has 0 saturated carbocycles. The van der Waals surface area contributed by atoms with E-state index in [1.54, 1.807) is 0 Å². The lowest BCUT2D eigenvalue weighted by Crippen LogP contribution is -2.37. The highest BCUT2D eigenvalue weighted by Gasteiger charge is 2.11. The summed E-state index contributed by atoms with van der Waals surface area (Å²) in [6, 6.07) is -0.102. The molecule has 0 aliphatic rings. The van der Waals surface area contributed by atoms with Crippen LogP contribution in [0.25, 0.3) is 0 Å². The average molecular weight is 268 g/mol. The van der Waals surface area contributed by atoms with E-state index in [-0.39, 0.29) is 25.0 Å². The minimum atomic E-state index is -2.50. The van der Waals surface area contributed by atoms with Gasteiger partial charge in [-0.1, -0.05) is 19.1 Å². The van der Waals surface area contributed by atoms with Crippen LogP contribution in [-0.4, -0.2) is 36.6 Å². The first kappa shape index (κ1) is 16.2. The molecule has 0 aromatic carbocycles. The number of hydrogen-bond donors (Lipinski definition) is 2. The van der Waals surface area contributed by atoms with Gasteiger partial charge >= 0.3 is 0 Å². The predicted octanol–water partition coefficient (Wildman–Crippen LogP) is 1.23. The Hall–Kier alpha value is -0.820. The van der Waals surface area contributed by atoms with Crippen LogP contribution in [0.3, 0.4) is 0 Å². The van der Waals surface area contributed by atoms with E-state index in [0.717, 1.165) is 0 Å². The number of alkyl halides is 2. The third kappa shape index (κ3) is 10.1. The summed E-state index contributed by atoms with van der Waals surface area (Å²) < 4.78 is 28.0. The highest BCUT2D eigenvalue weighted by Crippen LogP contribution is 1.99. The van der Waals surface area contributed by atoms with Crippen LogP contribution < -0.4 is 11.1 Å². The van der Waals surface area contributed by atoms with Gasteiger partial charge in [-0.05, 0) is 6.42 Å². The molecule has 4 nitrogen and oxygen atoms in total. The van der Waals surface area contributed by atoms with Gasteiger partial charge in [0, 0.05) is 18.9 Å². The Bertz CT molecular complexity index is 252. The maximum absolute atomic E-state index is 11.7. The molecule has 1 atom stereocenters. The zero-order valence-corrected chi connectivity index (χ0v) is 10.6. The van der Waals surface area contributed by atoms with Crippen LogP contribution in [0.15, 0.2) is 0 Å². The zero-order valence-electron chi connectivity index (χ0n) is 9.75. The monoisotopic (exact) mass is 268 g/mol. The van der Waals surface area contributed by atoms with Gasteiger partial charge in [0.05, 0.1) is 11.6 Å². The molecule has 0 bridgehead atoms. The molecule has 0 rings (SSSR count). The van der Waals surface area contributed by atoms with Gasteiger partial charge in [-0.2, -0.15) is 0 Å². The third-order valence-electron chi connectivity index (χ3n) is 2.02. The second-order valence-electron chi connectivity index (χ2n) is 3.56. The Kier molecular flexibility index (Phi) is 8.79. The summed E-state index contributed by atoms with van der Waals surface area (Å²) in [7, 11) is 0. The topological polar surface area (TPSA) is 64.3 Å². The van der Waals surface area contributed by atoms with Crippen LogP contribution in [-0.2, 0) is 9.53 Å². The zero-order chi connectivity index (χ0) is 13.3. The second kappa shape index (κ2) is 9.23. The lowest BCUT2D eigenvalue weighted by molar-refractivity contribution is -0.123. The van der Waals surface area contributed by atoms with Crippen LogP contribution in [0.4, 0.5) is 8.78 Å². The number of rotatable bonds is 9. The van der Waals surface area contributed by atoms with Crippen molar-refractivity contribution >= 4 is 23.1 Å². The summed E-state index contributed by atoms with van der Waals surface area (Å²) in [5, 5.41) is 2.71. The van der Waals surface area contributed by atoms with E-state index in [1.807, 2.05) is 6.92 Å². The molecule has 3 N–H and O–H groups in total. The molecule has 0 fully saturated rings. The fourth-order valence-corrected chi connectivity index (χ4v) is 1.38. The van der Waals surface area contributed by atoms with E-state index >= 15 is 0 Å². The number of amides is 1. The van der Waals surface area contributed by atoms with Crippen LogP contribution in [0.5, 0.6) is 0 Å². The SMILES string of the molecule is CCC(CC(N)=S)NC(=O)CCOCC(F)F. The highest BCUT2D eigenvalue weighted by molar-refractivity contribution is 7.80. The quantitative estimate of drug-likeness (QED) is 0.487. The first-order valence-electron chi connectivity index (χ1n) is 5.39. The molecule has 0 aromatic rings. The molecule has 1 amide bonds.